The molecule has 1 unspecified atom stereocenters. The van der Waals surface area contributed by atoms with Crippen molar-refractivity contribution in [2.75, 3.05) is 57.3 Å². The molecule has 3 N–H and O–H groups in total. The predicted octanol–water partition coefficient (Wildman–Crippen LogP) is 4.35. The van der Waals surface area contributed by atoms with E-state index in [1.807, 2.05) is 29.2 Å². The van der Waals surface area contributed by atoms with Gasteiger partial charge in [0.15, 0.2) is 5.82 Å². The highest BCUT2D eigenvalue weighted by Gasteiger charge is 2.30. The predicted molar refractivity (Wildman–Crippen MR) is 185 cm³/mol. The summed E-state index contributed by atoms with van der Waals surface area (Å²) in [5, 5.41) is 24.8. The molecule has 1 atom stereocenters. The van der Waals surface area contributed by atoms with Gasteiger partial charge < -0.3 is 34.5 Å². The van der Waals surface area contributed by atoms with Crippen molar-refractivity contribution in [2.24, 2.45) is 7.05 Å². The van der Waals surface area contributed by atoms with E-state index in [0.717, 1.165) is 12.0 Å². The number of anilines is 3. The molecule has 1 saturated carbocycles. The SMILES string of the molecule is COCCN(CCOC)C(O)c1ccc(Nc2nc(-c3cccc(N4CCc5cc(C6CC6)ccc5C4=O)c3CO)cn(C)c2=O)cc1. The monoisotopic (exact) mass is 653 g/mol. The molecule has 11 nitrogen and oxygen atoms in total. The normalized spacial score (nSPS) is 15.1. The van der Waals surface area contributed by atoms with Crippen LogP contribution in [0.2, 0.25) is 0 Å². The number of ether oxygens (including phenoxy) is 2. The number of aliphatic hydroxyl groups is 2. The molecule has 6 rings (SSSR count). The van der Waals surface area contributed by atoms with E-state index in [9.17, 15) is 19.8 Å². The van der Waals surface area contributed by atoms with E-state index in [0.29, 0.717) is 78.1 Å². The molecule has 4 aromatic rings. The van der Waals surface area contributed by atoms with Gasteiger partial charge in [0, 0.05) is 69.5 Å². The molecule has 11 heteroatoms. The summed E-state index contributed by atoms with van der Waals surface area (Å²) in [6.45, 7) is 2.19. The number of aliphatic hydroxyl groups excluding tert-OH is 2. The van der Waals surface area contributed by atoms with Gasteiger partial charge in [0.2, 0.25) is 0 Å². The molecule has 1 aliphatic carbocycles. The third kappa shape index (κ3) is 7.06. The molecule has 252 valence electrons. The first kappa shape index (κ1) is 33.5. The Morgan fingerprint density at radius 1 is 1.00 bits per heavy atom. The minimum Gasteiger partial charge on any atom is -0.392 e. The molecule has 2 aliphatic rings. The summed E-state index contributed by atoms with van der Waals surface area (Å²) in [5.74, 6) is 0.639. The fourth-order valence-electron chi connectivity index (χ4n) is 6.32. The molecule has 1 fully saturated rings. The lowest BCUT2D eigenvalue weighted by atomic mass is 9.93. The number of aromatic nitrogens is 2. The first-order valence-corrected chi connectivity index (χ1v) is 16.3. The van der Waals surface area contributed by atoms with Crippen LogP contribution in [0.4, 0.5) is 17.2 Å². The van der Waals surface area contributed by atoms with E-state index in [1.54, 1.807) is 56.6 Å². The fraction of sp³-hybridized carbons (Fsp3) is 0.378. The summed E-state index contributed by atoms with van der Waals surface area (Å²) in [4.78, 5) is 35.2. The summed E-state index contributed by atoms with van der Waals surface area (Å²) in [6.07, 6.45) is 3.93. The standard InChI is InChI=1S/C37H43N5O6/c1-40-22-32(39-34(37(40)46)38-28-12-9-25(10-13-28)35(44)41(17-19-47-2)18-20-48-3)30-5-4-6-33(31(30)23-43)42-16-15-27-21-26(24-7-8-24)11-14-29(27)36(42)45/h4-6,9-14,21-22,24,35,43-44H,7-8,15-20,23H2,1-3H3,(H,38,39). The molecular formula is C37H43N5O6. The number of benzene rings is 3. The van der Waals surface area contributed by atoms with Crippen LogP contribution in [0.25, 0.3) is 11.3 Å². The highest BCUT2D eigenvalue weighted by Crippen LogP contribution is 2.41. The van der Waals surface area contributed by atoms with E-state index in [2.05, 4.69) is 22.4 Å². The molecule has 0 bridgehead atoms. The van der Waals surface area contributed by atoms with Gasteiger partial charge in [-0.2, -0.15) is 0 Å². The van der Waals surface area contributed by atoms with E-state index in [1.165, 1.54) is 23.0 Å². The second kappa shape index (κ2) is 14.8. The maximum absolute atomic E-state index is 13.7. The van der Waals surface area contributed by atoms with Crippen LogP contribution in [0.3, 0.4) is 0 Å². The highest BCUT2D eigenvalue weighted by molar-refractivity contribution is 6.09. The lowest BCUT2D eigenvalue weighted by Crippen LogP contribution is -2.38. The Morgan fingerprint density at radius 2 is 1.73 bits per heavy atom. The minimum absolute atomic E-state index is 0.0877. The Kier molecular flexibility index (Phi) is 10.3. The van der Waals surface area contributed by atoms with Gasteiger partial charge in [0.25, 0.3) is 11.5 Å². The number of rotatable bonds is 14. The number of nitrogens with one attached hydrogen (secondary N) is 1. The molecule has 0 radical (unpaired) electrons. The zero-order chi connectivity index (χ0) is 33.8. The van der Waals surface area contributed by atoms with Crippen LogP contribution in [0.1, 0.15) is 57.6 Å². The molecular weight excluding hydrogens is 610 g/mol. The van der Waals surface area contributed by atoms with Crippen molar-refractivity contribution < 1.29 is 24.5 Å². The van der Waals surface area contributed by atoms with Crippen LogP contribution in [0.15, 0.2) is 71.7 Å². The first-order valence-electron chi connectivity index (χ1n) is 16.3. The molecule has 0 saturated heterocycles. The maximum Gasteiger partial charge on any atom is 0.293 e. The number of methoxy groups -OCH3 is 2. The van der Waals surface area contributed by atoms with Gasteiger partial charge in [-0.15, -0.1) is 0 Å². The molecule has 0 spiro atoms. The van der Waals surface area contributed by atoms with Crippen LogP contribution < -0.4 is 15.8 Å². The van der Waals surface area contributed by atoms with Crippen LogP contribution in [-0.2, 0) is 29.5 Å². The lowest BCUT2D eigenvalue weighted by Gasteiger charge is -2.31. The molecule has 3 aromatic carbocycles. The number of carbonyl (C=O) groups is 1. The van der Waals surface area contributed by atoms with Gasteiger partial charge in [-0.3, -0.25) is 14.5 Å². The van der Waals surface area contributed by atoms with Crippen molar-refractivity contribution in [3.8, 4) is 11.3 Å². The van der Waals surface area contributed by atoms with Gasteiger partial charge >= 0.3 is 0 Å². The number of hydrogen-bond acceptors (Lipinski definition) is 9. The van der Waals surface area contributed by atoms with E-state index in [4.69, 9.17) is 9.47 Å². The lowest BCUT2D eigenvalue weighted by molar-refractivity contribution is -0.0236. The van der Waals surface area contributed by atoms with Crippen molar-refractivity contribution in [1.29, 1.82) is 0 Å². The van der Waals surface area contributed by atoms with Crippen molar-refractivity contribution in [3.63, 3.8) is 0 Å². The molecule has 2 heterocycles. The van der Waals surface area contributed by atoms with Crippen molar-refractivity contribution in [1.82, 2.24) is 14.5 Å². The Labute approximate surface area is 280 Å². The van der Waals surface area contributed by atoms with Gasteiger partial charge in [-0.1, -0.05) is 36.4 Å². The van der Waals surface area contributed by atoms with Crippen molar-refractivity contribution in [2.45, 2.75) is 38.0 Å². The van der Waals surface area contributed by atoms with Crippen molar-refractivity contribution in [3.05, 3.63) is 105 Å². The summed E-state index contributed by atoms with van der Waals surface area (Å²) < 4.78 is 11.8. The average molecular weight is 654 g/mol. The number of aryl methyl sites for hydroxylation is 1. The van der Waals surface area contributed by atoms with Gasteiger partial charge in [0.1, 0.15) is 6.23 Å². The molecule has 1 amide bonds. The number of fused-ring (bicyclic) bond motifs is 1. The third-order valence-corrected chi connectivity index (χ3v) is 9.19. The second-order valence-corrected chi connectivity index (χ2v) is 12.4. The van der Waals surface area contributed by atoms with Crippen molar-refractivity contribution >= 4 is 23.1 Å². The van der Waals surface area contributed by atoms with E-state index < -0.39 is 6.23 Å². The molecule has 1 aromatic heterocycles. The number of amides is 1. The van der Waals surface area contributed by atoms with E-state index in [-0.39, 0.29) is 23.9 Å². The quantitative estimate of drug-likeness (QED) is 0.170. The number of hydrogen-bond donors (Lipinski definition) is 3. The summed E-state index contributed by atoms with van der Waals surface area (Å²) in [7, 11) is 4.89. The Morgan fingerprint density at radius 3 is 2.40 bits per heavy atom. The van der Waals surface area contributed by atoms with Gasteiger partial charge in [-0.25, -0.2) is 4.98 Å². The van der Waals surface area contributed by atoms with Crippen LogP contribution in [0, 0.1) is 0 Å². The summed E-state index contributed by atoms with van der Waals surface area (Å²) in [5.41, 5.74) is 6.35. The zero-order valence-electron chi connectivity index (χ0n) is 27.7. The second-order valence-electron chi connectivity index (χ2n) is 12.4. The maximum atomic E-state index is 13.7. The fourth-order valence-corrected chi connectivity index (χ4v) is 6.32. The highest BCUT2D eigenvalue weighted by atomic mass is 16.5. The van der Waals surface area contributed by atoms with Gasteiger partial charge in [-0.05, 0) is 66.1 Å². The first-order chi connectivity index (χ1) is 23.3. The topological polar surface area (TPSA) is 129 Å². The van der Waals surface area contributed by atoms with E-state index >= 15 is 0 Å². The minimum atomic E-state index is -0.858. The average Bonchev–Trinajstić information content (AvgIpc) is 3.96. The largest absolute Gasteiger partial charge is 0.392 e. The summed E-state index contributed by atoms with van der Waals surface area (Å²) >= 11 is 0. The number of carbonyl (C=O) groups excluding carboxylic acids is 1. The molecule has 1 aliphatic heterocycles. The van der Waals surface area contributed by atoms with Gasteiger partial charge in [0.05, 0.1) is 31.2 Å². The zero-order valence-corrected chi connectivity index (χ0v) is 27.7. The Balaban J connectivity index is 1.25. The smallest absolute Gasteiger partial charge is 0.293 e. The van der Waals surface area contributed by atoms with Crippen LogP contribution >= 0.6 is 0 Å². The number of nitrogens with zero attached hydrogens (tertiary/aromatic N) is 4. The Hall–Kier alpha value is -4.39. The van der Waals surface area contributed by atoms with Crippen LogP contribution in [-0.4, -0.2) is 77.6 Å². The Bertz CT molecular complexity index is 1810. The van der Waals surface area contributed by atoms with Crippen LogP contribution in [0.5, 0.6) is 0 Å². The molecule has 48 heavy (non-hydrogen) atoms. The third-order valence-electron chi connectivity index (χ3n) is 9.19. The summed E-state index contributed by atoms with van der Waals surface area (Å²) in [6, 6.07) is 18.9.